The minimum absolute atomic E-state index is 0.00413. The van der Waals surface area contributed by atoms with Crippen LogP contribution in [0.4, 0.5) is 0 Å². The molecule has 1 aromatic heterocycles. The van der Waals surface area contributed by atoms with Gasteiger partial charge in [-0.2, -0.15) is 9.40 Å². The summed E-state index contributed by atoms with van der Waals surface area (Å²) in [7, 11) is -3.83. The molecule has 11 heteroatoms. The van der Waals surface area contributed by atoms with Gasteiger partial charge in [0.2, 0.25) is 15.9 Å². The van der Waals surface area contributed by atoms with Crippen LogP contribution in [0.2, 0.25) is 10.0 Å². The summed E-state index contributed by atoms with van der Waals surface area (Å²) in [6, 6.07) is 11.4. The van der Waals surface area contributed by atoms with E-state index in [2.05, 4.69) is 10.2 Å². The molecular weight excluding hydrogens is 463 g/mol. The van der Waals surface area contributed by atoms with Gasteiger partial charge < -0.3 is 4.90 Å². The first-order chi connectivity index (χ1) is 14.8. The summed E-state index contributed by atoms with van der Waals surface area (Å²) in [4.78, 5) is 26.3. The molecule has 0 unspecified atom stereocenters. The van der Waals surface area contributed by atoms with Crippen LogP contribution in [0.5, 0.6) is 0 Å². The Balaban J connectivity index is 1.47. The molecule has 1 aliphatic heterocycles. The van der Waals surface area contributed by atoms with Crippen LogP contribution < -0.4 is 5.56 Å². The number of hydrogen-bond donors (Lipinski definition) is 1. The molecule has 8 nitrogen and oxygen atoms in total. The van der Waals surface area contributed by atoms with Crippen molar-refractivity contribution < 1.29 is 13.2 Å². The van der Waals surface area contributed by atoms with Crippen LogP contribution in [-0.2, 0) is 21.2 Å². The van der Waals surface area contributed by atoms with E-state index in [0.29, 0.717) is 16.5 Å². The normalized spacial score (nSPS) is 15.4. The van der Waals surface area contributed by atoms with E-state index in [0.717, 1.165) is 0 Å². The first-order valence-electron chi connectivity index (χ1n) is 9.47. The van der Waals surface area contributed by atoms with Crippen molar-refractivity contribution in [2.24, 2.45) is 0 Å². The summed E-state index contributed by atoms with van der Waals surface area (Å²) in [5.74, 6) is -0.192. The van der Waals surface area contributed by atoms with Crippen LogP contribution in [-0.4, -0.2) is 59.9 Å². The molecule has 2 aromatic carbocycles. The summed E-state index contributed by atoms with van der Waals surface area (Å²) in [5, 5.41) is 7.69. The summed E-state index contributed by atoms with van der Waals surface area (Å²) >= 11 is 12.0. The number of amides is 1. The van der Waals surface area contributed by atoms with Gasteiger partial charge in [0.05, 0.1) is 27.5 Å². The zero-order valence-electron chi connectivity index (χ0n) is 16.2. The van der Waals surface area contributed by atoms with Gasteiger partial charge in [-0.1, -0.05) is 47.5 Å². The van der Waals surface area contributed by atoms with E-state index in [9.17, 15) is 18.0 Å². The number of carbonyl (C=O) groups excluding carboxylic acids is 1. The third-order valence-electron chi connectivity index (χ3n) is 5.22. The molecule has 0 bridgehead atoms. The Kier molecular flexibility index (Phi) is 6.02. The number of aromatic nitrogens is 2. The standard InChI is InChI=1S/C20H18Cl2N4O4S/c21-15-6-3-7-17(19(15)22)31(29,30)26-10-8-25(9-11-26)18(27)12-16-13-4-1-2-5-14(13)20(28)24-23-16/h1-7H,8-12H2,(H,24,28). The zero-order valence-corrected chi connectivity index (χ0v) is 18.5. The lowest BCUT2D eigenvalue weighted by atomic mass is 10.1. The highest BCUT2D eigenvalue weighted by Crippen LogP contribution is 2.31. The van der Waals surface area contributed by atoms with E-state index in [4.69, 9.17) is 23.2 Å². The Bertz CT molecular complexity index is 1320. The molecule has 162 valence electrons. The highest BCUT2D eigenvalue weighted by molar-refractivity contribution is 7.89. The Labute approximate surface area is 188 Å². The van der Waals surface area contributed by atoms with Crippen molar-refractivity contribution in [3.8, 4) is 0 Å². The molecule has 4 rings (SSSR count). The number of hydrogen-bond acceptors (Lipinski definition) is 5. The van der Waals surface area contributed by atoms with E-state index in [1.807, 2.05) is 0 Å². The minimum Gasteiger partial charge on any atom is -0.340 e. The third kappa shape index (κ3) is 4.18. The number of nitrogens with zero attached hydrogens (tertiary/aromatic N) is 3. The quantitative estimate of drug-likeness (QED) is 0.616. The van der Waals surface area contributed by atoms with Gasteiger partial charge in [-0.3, -0.25) is 9.59 Å². The van der Waals surface area contributed by atoms with Crippen molar-refractivity contribution in [2.45, 2.75) is 11.3 Å². The fourth-order valence-electron chi connectivity index (χ4n) is 3.56. The molecule has 2 heterocycles. The van der Waals surface area contributed by atoms with Gasteiger partial charge in [-0.25, -0.2) is 13.5 Å². The molecule has 1 N–H and O–H groups in total. The number of benzene rings is 2. The van der Waals surface area contributed by atoms with Gasteiger partial charge in [-0.15, -0.1) is 0 Å². The Morgan fingerprint density at radius 3 is 2.39 bits per heavy atom. The Morgan fingerprint density at radius 2 is 1.68 bits per heavy atom. The summed E-state index contributed by atoms with van der Waals surface area (Å²) < 4.78 is 27.2. The number of nitrogens with one attached hydrogen (secondary N) is 1. The van der Waals surface area contributed by atoms with Gasteiger partial charge in [-0.05, 0) is 18.2 Å². The molecule has 3 aromatic rings. The third-order valence-corrected chi connectivity index (χ3v) is 8.09. The lowest BCUT2D eigenvalue weighted by Crippen LogP contribution is -2.51. The highest BCUT2D eigenvalue weighted by Gasteiger charge is 2.32. The highest BCUT2D eigenvalue weighted by atomic mass is 35.5. The summed E-state index contributed by atoms with van der Waals surface area (Å²) in [5.41, 5.74) is 0.159. The number of piperazine rings is 1. The van der Waals surface area contributed by atoms with Crippen molar-refractivity contribution in [1.29, 1.82) is 0 Å². The monoisotopic (exact) mass is 480 g/mol. The molecule has 1 fully saturated rings. The predicted molar refractivity (Wildman–Crippen MR) is 118 cm³/mol. The molecule has 0 aliphatic carbocycles. The van der Waals surface area contributed by atoms with Crippen LogP contribution in [0.15, 0.2) is 52.2 Å². The van der Waals surface area contributed by atoms with Crippen molar-refractivity contribution >= 4 is 49.9 Å². The van der Waals surface area contributed by atoms with Crippen molar-refractivity contribution in [3.05, 3.63) is 68.6 Å². The largest absolute Gasteiger partial charge is 0.340 e. The number of rotatable bonds is 4. The molecule has 31 heavy (non-hydrogen) atoms. The maximum atomic E-state index is 12.9. The van der Waals surface area contributed by atoms with Gasteiger partial charge in [0.15, 0.2) is 0 Å². The van der Waals surface area contributed by atoms with Gasteiger partial charge >= 0.3 is 0 Å². The number of carbonyl (C=O) groups is 1. The molecule has 1 amide bonds. The van der Waals surface area contributed by atoms with Crippen LogP contribution >= 0.6 is 23.2 Å². The van der Waals surface area contributed by atoms with Crippen molar-refractivity contribution in [1.82, 2.24) is 19.4 Å². The molecule has 1 saturated heterocycles. The van der Waals surface area contributed by atoms with Gasteiger partial charge in [0, 0.05) is 31.6 Å². The fourth-order valence-corrected chi connectivity index (χ4v) is 5.72. The number of H-pyrrole nitrogens is 1. The second-order valence-electron chi connectivity index (χ2n) is 7.06. The van der Waals surface area contributed by atoms with Crippen LogP contribution in [0.25, 0.3) is 10.8 Å². The van der Waals surface area contributed by atoms with E-state index in [1.165, 1.54) is 22.5 Å². The van der Waals surface area contributed by atoms with E-state index in [1.54, 1.807) is 29.2 Å². The average Bonchev–Trinajstić information content (AvgIpc) is 2.77. The van der Waals surface area contributed by atoms with Gasteiger partial charge in [0.1, 0.15) is 4.90 Å². The minimum atomic E-state index is -3.83. The van der Waals surface area contributed by atoms with Crippen LogP contribution in [0, 0.1) is 0 Å². The fraction of sp³-hybridized carbons (Fsp3) is 0.250. The Hall–Kier alpha value is -2.46. The van der Waals surface area contributed by atoms with Crippen molar-refractivity contribution in [3.63, 3.8) is 0 Å². The summed E-state index contributed by atoms with van der Waals surface area (Å²) in [6.07, 6.45) is 0.00413. The zero-order chi connectivity index (χ0) is 22.2. The van der Waals surface area contributed by atoms with E-state index < -0.39 is 10.0 Å². The second kappa shape index (κ2) is 8.58. The Morgan fingerprint density at radius 1 is 1.00 bits per heavy atom. The first-order valence-corrected chi connectivity index (χ1v) is 11.7. The van der Waals surface area contributed by atoms with Crippen LogP contribution in [0.3, 0.4) is 0 Å². The molecule has 0 atom stereocenters. The first kappa shape index (κ1) is 21.8. The lowest BCUT2D eigenvalue weighted by Gasteiger charge is -2.34. The number of aromatic amines is 1. The lowest BCUT2D eigenvalue weighted by molar-refractivity contribution is -0.131. The topological polar surface area (TPSA) is 103 Å². The predicted octanol–water partition coefficient (Wildman–Crippen LogP) is 2.31. The molecule has 0 radical (unpaired) electrons. The van der Waals surface area contributed by atoms with E-state index in [-0.39, 0.29) is 59.0 Å². The summed E-state index contributed by atoms with van der Waals surface area (Å²) in [6.45, 7) is 0.739. The second-order valence-corrected chi connectivity index (χ2v) is 9.75. The number of halogens is 2. The number of sulfonamides is 1. The number of fused-ring (bicyclic) bond motifs is 1. The molecule has 0 spiro atoms. The molecule has 1 aliphatic rings. The maximum Gasteiger partial charge on any atom is 0.272 e. The SMILES string of the molecule is O=C(Cc1n[nH]c(=O)c2ccccc12)N1CCN(S(=O)(=O)c2cccc(Cl)c2Cl)CC1. The van der Waals surface area contributed by atoms with E-state index >= 15 is 0 Å². The molecule has 0 saturated carbocycles. The van der Waals surface area contributed by atoms with Crippen molar-refractivity contribution in [2.75, 3.05) is 26.2 Å². The maximum absolute atomic E-state index is 12.9. The smallest absolute Gasteiger partial charge is 0.272 e. The van der Waals surface area contributed by atoms with Crippen LogP contribution in [0.1, 0.15) is 5.69 Å². The van der Waals surface area contributed by atoms with Gasteiger partial charge in [0.25, 0.3) is 5.56 Å². The average molecular weight is 481 g/mol. The molecular formula is C20H18Cl2N4O4S.